The van der Waals surface area contributed by atoms with Gasteiger partial charge in [-0.3, -0.25) is 9.59 Å². The van der Waals surface area contributed by atoms with E-state index in [-0.39, 0.29) is 18.4 Å². The number of aryl methyl sites for hydroxylation is 1. The molecular formula is C16H24N2O2. The third kappa shape index (κ3) is 5.43. The molecule has 0 aromatic heterocycles. The molecule has 0 spiro atoms. The minimum Gasteiger partial charge on any atom is -0.347 e. The van der Waals surface area contributed by atoms with Gasteiger partial charge in [0.1, 0.15) is 0 Å². The first-order chi connectivity index (χ1) is 9.40. The van der Waals surface area contributed by atoms with Crippen LogP contribution in [0.2, 0.25) is 0 Å². The van der Waals surface area contributed by atoms with Gasteiger partial charge in [-0.05, 0) is 43.4 Å². The van der Waals surface area contributed by atoms with Gasteiger partial charge in [-0.2, -0.15) is 0 Å². The molecule has 0 heterocycles. The van der Waals surface area contributed by atoms with Crippen LogP contribution in [0.5, 0.6) is 0 Å². The Bertz CT molecular complexity index is 481. The van der Waals surface area contributed by atoms with Crippen molar-refractivity contribution in [1.29, 1.82) is 0 Å². The monoisotopic (exact) mass is 276 g/mol. The Kier molecular flexibility index (Phi) is 6.22. The SMILES string of the molecule is Cc1cccc(NC(=O)CNC(=O)CCC(C)C)c1C. The molecule has 2 N–H and O–H groups in total. The highest BCUT2D eigenvalue weighted by molar-refractivity contribution is 5.95. The lowest BCUT2D eigenvalue weighted by atomic mass is 10.1. The van der Waals surface area contributed by atoms with Crippen molar-refractivity contribution in [2.24, 2.45) is 5.92 Å². The van der Waals surface area contributed by atoms with Crippen molar-refractivity contribution in [3.05, 3.63) is 29.3 Å². The smallest absolute Gasteiger partial charge is 0.243 e. The molecule has 0 aliphatic carbocycles. The van der Waals surface area contributed by atoms with Crippen molar-refractivity contribution in [1.82, 2.24) is 5.32 Å². The molecule has 0 radical (unpaired) electrons. The van der Waals surface area contributed by atoms with E-state index in [1.165, 1.54) is 0 Å². The van der Waals surface area contributed by atoms with Crippen LogP contribution in [0.25, 0.3) is 0 Å². The fourth-order valence-corrected chi connectivity index (χ4v) is 1.77. The Hall–Kier alpha value is -1.84. The molecule has 110 valence electrons. The number of nitrogens with one attached hydrogen (secondary N) is 2. The van der Waals surface area contributed by atoms with Crippen LogP contribution in [0.15, 0.2) is 18.2 Å². The number of hydrogen-bond acceptors (Lipinski definition) is 2. The topological polar surface area (TPSA) is 58.2 Å². The molecule has 0 atom stereocenters. The van der Waals surface area contributed by atoms with Crippen LogP contribution < -0.4 is 10.6 Å². The van der Waals surface area contributed by atoms with Crippen LogP contribution in [0.4, 0.5) is 5.69 Å². The summed E-state index contributed by atoms with van der Waals surface area (Å²) in [6.45, 7) is 8.12. The first kappa shape index (κ1) is 16.2. The van der Waals surface area contributed by atoms with Gasteiger partial charge in [0.2, 0.25) is 11.8 Å². The molecule has 0 saturated heterocycles. The average Bonchev–Trinajstić information content (AvgIpc) is 2.39. The summed E-state index contributed by atoms with van der Waals surface area (Å²) >= 11 is 0. The third-order valence-electron chi connectivity index (χ3n) is 3.27. The van der Waals surface area contributed by atoms with Crippen LogP contribution in [-0.4, -0.2) is 18.4 Å². The van der Waals surface area contributed by atoms with Gasteiger partial charge < -0.3 is 10.6 Å². The molecular weight excluding hydrogens is 252 g/mol. The molecule has 1 rings (SSSR count). The Morgan fingerprint density at radius 2 is 1.85 bits per heavy atom. The normalized spacial score (nSPS) is 10.4. The Balaban J connectivity index is 2.40. The highest BCUT2D eigenvalue weighted by Crippen LogP contribution is 2.17. The van der Waals surface area contributed by atoms with Crippen molar-refractivity contribution in [3.8, 4) is 0 Å². The third-order valence-corrected chi connectivity index (χ3v) is 3.27. The second-order valence-electron chi connectivity index (χ2n) is 5.50. The van der Waals surface area contributed by atoms with Gasteiger partial charge in [0, 0.05) is 12.1 Å². The summed E-state index contributed by atoms with van der Waals surface area (Å²) in [6, 6.07) is 5.76. The lowest BCUT2D eigenvalue weighted by Crippen LogP contribution is -2.33. The number of rotatable bonds is 6. The van der Waals surface area contributed by atoms with Gasteiger partial charge in [-0.25, -0.2) is 0 Å². The molecule has 1 aromatic rings. The van der Waals surface area contributed by atoms with Gasteiger partial charge in [0.25, 0.3) is 0 Å². The molecule has 4 nitrogen and oxygen atoms in total. The maximum atomic E-state index is 11.8. The summed E-state index contributed by atoms with van der Waals surface area (Å²) in [7, 11) is 0. The number of carbonyl (C=O) groups is 2. The van der Waals surface area contributed by atoms with Crippen molar-refractivity contribution in [3.63, 3.8) is 0 Å². The minimum absolute atomic E-state index is 0.0182. The van der Waals surface area contributed by atoms with Crippen LogP contribution in [0, 0.1) is 19.8 Å². The molecule has 0 unspecified atom stereocenters. The fourth-order valence-electron chi connectivity index (χ4n) is 1.77. The number of hydrogen-bond donors (Lipinski definition) is 2. The quantitative estimate of drug-likeness (QED) is 0.839. The van der Waals surface area contributed by atoms with Gasteiger partial charge in [0.15, 0.2) is 0 Å². The number of benzene rings is 1. The summed E-state index contributed by atoms with van der Waals surface area (Å²) < 4.78 is 0. The molecule has 0 bridgehead atoms. The molecule has 20 heavy (non-hydrogen) atoms. The average molecular weight is 276 g/mol. The first-order valence-electron chi connectivity index (χ1n) is 7.03. The van der Waals surface area contributed by atoms with E-state index in [1.54, 1.807) is 0 Å². The summed E-state index contributed by atoms with van der Waals surface area (Å²) in [5, 5.41) is 5.46. The fraction of sp³-hybridized carbons (Fsp3) is 0.500. The summed E-state index contributed by atoms with van der Waals surface area (Å²) in [5.41, 5.74) is 2.97. The molecule has 4 heteroatoms. The summed E-state index contributed by atoms with van der Waals surface area (Å²) in [6.07, 6.45) is 1.30. The van der Waals surface area contributed by atoms with Crippen molar-refractivity contribution >= 4 is 17.5 Å². The Labute approximate surface area is 121 Å². The molecule has 2 amide bonds. The molecule has 0 fully saturated rings. The van der Waals surface area contributed by atoms with Crippen molar-refractivity contribution in [2.75, 3.05) is 11.9 Å². The number of carbonyl (C=O) groups excluding carboxylic acids is 2. The largest absolute Gasteiger partial charge is 0.347 e. The highest BCUT2D eigenvalue weighted by Gasteiger charge is 2.08. The van der Waals surface area contributed by atoms with Gasteiger partial charge in [0.05, 0.1) is 6.54 Å². The zero-order valence-corrected chi connectivity index (χ0v) is 12.7. The lowest BCUT2D eigenvalue weighted by molar-refractivity contribution is -0.124. The Morgan fingerprint density at radius 3 is 2.50 bits per heavy atom. The van der Waals surface area contributed by atoms with Crippen LogP contribution >= 0.6 is 0 Å². The molecule has 0 aliphatic rings. The maximum absolute atomic E-state index is 11.8. The maximum Gasteiger partial charge on any atom is 0.243 e. The zero-order valence-electron chi connectivity index (χ0n) is 12.7. The van der Waals surface area contributed by atoms with E-state index in [2.05, 4.69) is 24.5 Å². The first-order valence-corrected chi connectivity index (χ1v) is 7.03. The number of amides is 2. The van der Waals surface area contributed by atoms with Gasteiger partial charge >= 0.3 is 0 Å². The van der Waals surface area contributed by atoms with E-state index >= 15 is 0 Å². The van der Waals surface area contributed by atoms with Crippen LogP contribution in [-0.2, 0) is 9.59 Å². The minimum atomic E-state index is -0.198. The second kappa shape index (κ2) is 7.68. The predicted octanol–water partition coefficient (Wildman–Crippen LogP) is 2.79. The van der Waals surface area contributed by atoms with Gasteiger partial charge in [-0.15, -0.1) is 0 Å². The highest BCUT2D eigenvalue weighted by atomic mass is 16.2. The van der Waals surface area contributed by atoms with E-state index in [4.69, 9.17) is 0 Å². The van der Waals surface area contributed by atoms with E-state index in [0.29, 0.717) is 12.3 Å². The zero-order chi connectivity index (χ0) is 15.1. The van der Waals surface area contributed by atoms with E-state index in [0.717, 1.165) is 23.2 Å². The second-order valence-corrected chi connectivity index (χ2v) is 5.50. The van der Waals surface area contributed by atoms with Gasteiger partial charge in [-0.1, -0.05) is 26.0 Å². The van der Waals surface area contributed by atoms with E-state index < -0.39 is 0 Å². The summed E-state index contributed by atoms with van der Waals surface area (Å²) in [5.74, 6) is 0.218. The van der Waals surface area contributed by atoms with Crippen LogP contribution in [0.1, 0.15) is 37.8 Å². The molecule has 0 saturated carbocycles. The van der Waals surface area contributed by atoms with E-state index in [1.807, 2.05) is 32.0 Å². The van der Waals surface area contributed by atoms with Crippen molar-refractivity contribution < 1.29 is 9.59 Å². The van der Waals surface area contributed by atoms with Crippen molar-refractivity contribution in [2.45, 2.75) is 40.5 Å². The number of anilines is 1. The summed E-state index contributed by atoms with van der Waals surface area (Å²) in [4.78, 5) is 23.3. The standard InChI is InChI=1S/C16H24N2O2/c1-11(2)8-9-15(19)17-10-16(20)18-14-7-5-6-12(3)13(14)4/h5-7,11H,8-10H2,1-4H3,(H,17,19)(H,18,20). The lowest BCUT2D eigenvalue weighted by Gasteiger charge is -2.11. The Morgan fingerprint density at radius 1 is 1.15 bits per heavy atom. The van der Waals surface area contributed by atoms with E-state index in [9.17, 15) is 9.59 Å². The predicted molar refractivity (Wildman–Crippen MR) is 81.6 cm³/mol. The van der Waals surface area contributed by atoms with Crippen LogP contribution in [0.3, 0.4) is 0 Å². The molecule has 0 aliphatic heterocycles. The molecule has 1 aromatic carbocycles.